The van der Waals surface area contributed by atoms with Gasteiger partial charge in [-0.05, 0) is 69.7 Å². The first-order chi connectivity index (χ1) is 11.0. The minimum absolute atomic E-state index is 0.0438. The lowest BCUT2D eigenvalue weighted by Gasteiger charge is -2.13. The van der Waals surface area contributed by atoms with Crippen LogP contribution in [0.2, 0.25) is 0 Å². The van der Waals surface area contributed by atoms with Crippen molar-refractivity contribution in [2.24, 2.45) is 0 Å². The average Bonchev–Trinajstić information content (AvgIpc) is 3.08. The van der Waals surface area contributed by atoms with Gasteiger partial charge in [-0.25, -0.2) is 0 Å². The van der Waals surface area contributed by atoms with E-state index >= 15 is 0 Å². The average molecular weight is 311 g/mol. The summed E-state index contributed by atoms with van der Waals surface area (Å²) >= 11 is 0. The molecule has 23 heavy (non-hydrogen) atoms. The van der Waals surface area contributed by atoms with Gasteiger partial charge in [0.25, 0.3) is 0 Å². The molecule has 1 aliphatic rings. The highest BCUT2D eigenvalue weighted by molar-refractivity contribution is 6.07. The van der Waals surface area contributed by atoms with E-state index in [9.17, 15) is 4.79 Å². The van der Waals surface area contributed by atoms with Crippen molar-refractivity contribution in [1.29, 1.82) is 0 Å². The molecular weight excluding hydrogens is 290 g/mol. The summed E-state index contributed by atoms with van der Waals surface area (Å²) in [6, 6.07) is 7.78. The Kier molecular flexibility index (Phi) is 3.99. The molecule has 0 atom stereocenters. The van der Waals surface area contributed by atoms with Gasteiger partial charge in [0.1, 0.15) is 0 Å². The van der Waals surface area contributed by atoms with Crippen molar-refractivity contribution in [3.63, 3.8) is 0 Å². The Morgan fingerprint density at radius 1 is 1.17 bits per heavy atom. The topological polar surface area (TPSA) is 40.5 Å². The summed E-state index contributed by atoms with van der Waals surface area (Å²) in [4.78, 5) is 12.4. The first kappa shape index (κ1) is 15.4. The molecule has 0 saturated carbocycles. The summed E-state index contributed by atoms with van der Waals surface area (Å²) in [5.41, 5.74) is 4.05. The fraction of sp³-hybridized carbons (Fsp3) is 0.316. The van der Waals surface area contributed by atoms with Crippen LogP contribution < -0.4 is 9.47 Å². The van der Waals surface area contributed by atoms with E-state index in [1.165, 1.54) is 11.4 Å². The molecule has 0 fully saturated rings. The Morgan fingerprint density at radius 2 is 1.91 bits per heavy atom. The molecule has 0 amide bonds. The second-order valence-electron chi connectivity index (χ2n) is 6.06. The Hall–Kier alpha value is -2.49. The second-order valence-corrected chi connectivity index (χ2v) is 6.06. The summed E-state index contributed by atoms with van der Waals surface area (Å²) < 4.78 is 12.8. The van der Waals surface area contributed by atoms with Gasteiger partial charge in [0, 0.05) is 23.0 Å². The van der Waals surface area contributed by atoms with Crippen LogP contribution in [0.3, 0.4) is 0 Å². The van der Waals surface area contributed by atoms with Crippen LogP contribution in [0.4, 0.5) is 0 Å². The lowest BCUT2D eigenvalue weighted by atomic mass is 10.1. The number of aryl methyl sites for hydroxylation is 1. The van der Waals surface area contributed by atoms with Gasteiger partial charge >= 0.3 is 0 Å². The number of fused-ring (bicyclic) bond motifs is 1. The fourth-order valence-corrected chi connectivity index (χ4v) is 3.08. The summed E-state index contributed by atoms with van der Waals surface area (Å²) in [7, 11) is 0. The Balaban J connectivity index is 1.83. The standard InChI is InChI=1S/C19H21NO3/c1-12(2)20-13(3)9-15(14(20)4)5-7-17(21)16-6-8-18-19(10-16)23-11-22-18/h5-10,12H,11H2,1-4H3/b7-5+. The molecule has 4 nitrogen and oxygen atoms in total. The highest BCUT2D eigenvalue weighted by Gasteiger charge is 2.15. The number of carbonyl (C=O) groups excluding carboxylic acids is 1. The van der Waals surface area contributed by atoms with Gasteiger partial charge in [-0.15, -0.1) is 0 Å². The van der Waals surface area contributed by atoms with E-state index in [-0.39, 0.29) is 12.6 Å². The molecule has 0 bridgehead atoms. The minimum Gasteiger partial charge on any atom is -0.454 e. The van der Waals surface area contributed by atoms with Gasteiger partial charge < -0.3 is 14.0 Å². The molecule has 0 aliphatic carbocycles. The van der Waals surface area contributed by atoms with Crippen molar-refractivity contribution in [3.05, 3.63) is 52.9 Å². The van der Waals surface area contributed by atoms with Crippen molar-refractivity contribution in [1.82, 2.24) is 4.57 Å². The SMILES string of the molecule is Cc1cc(/C=C/C(=O)c2ccc3c(c2)OCO3)c(C)n1C(C)C. The Labute approximate surface area is 136 Å². The highest BCUT2D eigenvalue weighted by atomic mass is 16.7. The van der Waals surface area contributed by atoms with Crippen molar-refractivity contribution < 1.29 is 14.3 Å². The monoisotopic (exact) mass is 311 g/mol. The predicted octanol–water partition coefficient (Wildman–Crippen LogP) is 4.31. The summed E-state index contributed by atoms with van der Waals surface area (Å²) in [5.74, 6) is 1.27. The highest BCUT2D eigenvalue weighted by Crippen LogP contribution is 2.32. The molecule has 0 radical (unpaired) electrons. The van der Waals surface area contributed by atoms with Crippen LogP contribution in [0.15, 0.2) is 30.3 Å². The van der Waals surface area contributed by atoms with Gasteiger partial charge in [0.2, 0.25) is 6.79 Å². The number of allylic oxidation sites excluding steroid dienone is 1. The Morgan fingerprint density at radius 3 is 2.61 bits per heavy atom. The molecule has 2 heterocycles. The summed E-state index contributed by atoms with van der Waals surface area (Å²) in [6.07, 6.45) is 3.50. The molecule has 0 saturated heterocycles. The third-order valence-corrected chi connectivity index (χ3v) is 4.11. The van der Waals surface area contributed by atoms with E-state index in [1.807, 2.05) is 6.08 Å². The van der Waals surface area contributed by atoms with Gasteiger partial charge in [-0.1, -0.05) is 0 Å². The van der Waals surface area contributed by atoms with Crippen molar-refractivity contribution in [2.75, 3.05) is 6.79 Å². The molecule has 3 rings (SSSR count). The van der Waals surface area contributed by atoms with Crippen molar-refractivity contribution in [2.45, 2.75) is 33.7 Å². The van der Waals surface area contributed by atoms with Crippen molar-refractivity contribution >= 4 is 11.9 Å². The molecular formula is C19H21NO3. The number of carbonyl (C=O) groups is 1. The molecule has 0 N–H and O–H groups in total. The van der Waals surface area contributed by atoms with E-state index < -0.39 is 0 Å². The van der Waals surface area contributed by atoms with Gasteiger partial charge in [-0.2, -0.15) is 0 Å². The summed E-state index contributed by atoms with van der Waals surface area (Å²) in [6.45, 7) is 8.70. The maximum absolute atomic E-state index is 12.4. The molecule has 0 unspecified atom stereocenters. The first-order valence-electron chi connectivity index (χ1n) is 7.78. The van der Waals surface area contributed by atoms with E-state index in [4.69, 9.17) is 9.47 Å². The molecule has 1 aromatic heterocycles. The Bertz CT molecular complexity index is 784. The fourth-order valence-electron chi connectivity index (χ4n) is 3.08. The van der Waals surface area contributed by atoms with Crippen LogP contribution in [-0.2, 0) is 0 Å². The van der Waals surface area contributed by atoms with E-state index in [0.717, 1.165) is 5.56 Å². The van der Waals surface area contributed by atoms with Crippen LogP contribution in [0.25, 0.3) is 6.08 Å². The third kappa shape index (κ3) is 2.89. The number of ether oxygens (including phenoxy) is 2. The van der Waals surface area contributed by atoms with Crippen LogP contribution in [0.5, 0.6) is 11.5 Å². The van der Waals surface area contributed by atoms with Crippen LogP contribution >= 0.6 is 0 Å². The molecule has 4 heteroatoms. The first-order valence-corrected chi connectivity index (χ1v) is 7.78. The summed E-state index contributed by atoms with van der Waals surface area (Å²) in [5, 5.41) is 0. The normalized spacial score (nSPS) is 13.3. The predicted molar refractivity (Wildman–Crippen MR) is 90.2 cm³/mol. The van der Waals surface area contributed by atoms with Gasteiger partial charge in [0.05, 0.1) is 0 Å². The number of benzene rings is 1. The van der Waals surface area contributed by atoms with Crippen molar-refractivity contribution in [3.8, 4) is 11.5 Å². The molecule has 0 spiro atoms. The molecule has 1 aromatic carbocycles. The van der Waals surface area contributed by atoms with Crippen LogP contribution in [-0.4, -0.2) is 17.1 Å². The van der Waals surface area contributed by atoms with E-state index in [2.05, 4.69) is 38.3 Å². The minimum atomic E-state index is -0.0438. The zero-order chi connectivity index (χ0) is 16.6. The molecule has 120 valence electrons. The smallest absolute Gasteiger partial charge is 0.231 e. The van der Waals surface area contributed by atoms with Crippen LogP contribution in [0.1, 0.15) is 47.2 Å². The number of hydrogen-bond acceptors (Lipinski definition) is 3. The quantitative estimate of drug-likeness (QED) is 0.624. The van der Waals surface area contributed by atoms with E-state index in [0.29, 0.717) is 23.1 Å². The van der Waals surface area contributed by atoms with Gasteiger partial charge in [-0.3, -0.25) is 4.79 Å². The molecule has 2 aromatic rings. The van der Waals surface area contributed by atoms with E-state index in [1.54, 1.807) is 24.3 Å². The largest absolute Gasteiger partial charge is 0.454 e. The maximum atomic E-state index is 12.4. The second kappa shape index (κ2) is 5.95. The van der Waals surface area contributed by atoms with Crippen LogP contribution in [0, 0.1) is 13.8 Å². The lowest BCUT2D eigenvalue weighted by molar-refractivity contribution is 0.104. The molecule has 1 aliphatic heterocycles. The van der Waals surface area contributed by atoms with Gasteiger partial charge in [0.15, 0.2) is 17.3 Å². The number of hydrogen-bond donors (Lipinski definition) is 0. The lowest BCUT2D eigenvalue weighted by Crippen LogP contribution is -2.04. The third-order valence-electron chi connectivity index (χ3n) is 4.11. The zero-order valence-electron chi connectivity index (χ0n) is 13.9. The number of ketones is 1. The maximum Gasteiger partial charge on any atom is 0.231 e. The number of aromatic nitrogens is 1. The zero-order valence-corrected chi connectivity index (χ0v) is 13.9. The number of nitrogens with zero attached hydrogens (tertiary/aromatic N) is 1. The number of rotatable bonds is 4.